The molecule has 3 aromatic rings. The summed E-state index contributed by atoms with van der Waals surface area (Å²) in [5.74, 6) is 0.880. The molecule has 0 aromatic heterocycles. The molecule has 1 amide bonds. The molecule has 0 bridgehead atoms. The van der Waals surface area contributed by atoms with Gasteiger partial charge in [-0.1, -0.05) is 24.3 Å². The molecule has 0 atom stereocenters. The normalized spacial score (nSPS) is 10.6. The van der Waals surface area contributed by atoms with Gasteiger partial charge in [0.05, 0.1) is 26.0 Å². The molecule has 0 radical (unpaired) electrons. The monoisotopic (exact) mass is 408 g/mol. The quantitative estimate of drug-likeness (QED) is 0.448. The van der Waals surface area contributed by atoms with Gasteiger partial charge >= 0.3 is 0 Å². The van der Waals surface area contributed by atoms with Crippen molar-refractivity contribution in [3.63, 3.8) is 0 Å². The zero-order valence-corrected chi connectivity index (χ0v) is 16.6. The Hall–Kier alpha value is -3.87. The van der Waals surface area contributed by atoms with E-state index in [1.165, 1.54) is 18.3 Å². The number of halogens is 1. The van der Waals surface area contributed by atoms with Gasteiger partial charge in [-0.25, -0.2) is 9.82 Å². The molecule has 0 spiro atoms. The van der Waals surface area contributed by atoms with Gasteiger partial charge < -0.3 is 14.2 Å². The van der Waals surface area contributed by atoms with E-state index in [1.54, 1.807) is 68.8 Å². The third-order valence-corrected chi connectivity index (χ3v) is 4.25. The summed E-state index contributed by atoms with van der Waals surface area (Å²) in [6.45, 7) is 0.205. The van der Waals surface area contributed by atoms with Crippen LogP contribution in [-0.2, 0) is 6.61 Å². The molecule has 7 heteroatoms. The van der Waals surface area contributed by atoms with E-state index in [0.717, 1.165) is 5.56 Å². The van der Waals surface area contributed by atoms with Crippen molar-refractivity contribution in [2.45, 2.75) is 6.61 Å². The number of rotatable bonds is 8. The molecule has 3 aromatic carbocycles. The van der Waals surface area contributed by atoms with Gasteiger partial charge in [0.2, 0.25) is 0 Å². The first-order valence-electron chi connectivity index (χ1n) is 9.12. The number of hydrazone groups is 1. The third kappa shape index (κ3) is 5.35. The minimum absolute atomic E-state index is 0.205. The molecule has 0 saturated heterocycles. The molecule has 0 fully saturated rings. The Balaban J connectivity index is 1.67. The number of nitrogens with one attached hydrogen (secondary N) is 1. The van der Waals surface area contributed by atoms with Crippen LogP contribution in [0.2, 0.25) is 0 Å². The van der Waals surface area contributed by atoms with Crippen molar-refractivity contribution in [3.8, 4) is 17.2 Å². The Morgan fingerprint density at radius 1 is 1.00 bits per heavy atom. The van der Waals surface area contributed by atoms with Gasteiger partial charge in [0.15, 0.2) is 0 Å². The molecule has 0 aliphatic heterocycles. The zero-order chi connectivity index (χ0) is 21.3. The fraction of sp³-hybridized carbons (Fsp3) is 0.130. The second-order valence-corrected chi connectivity index (χ2v) is 6.22. The van der Waals surface area contributed by atoms with Crippen LogP contribution in [0, 0.1) is 5.82 Å². The second kappa shape index (κ2) is 10.1. The number of nitrogens with zero attached hydrogens (tertiary/aromatic N) is 1. The van der Waals surface area contributed by atoms with Crippen LogP contribution in [0.15, 0.2) is 71.8 Å². The summed E-state index contributed by atoms with van der Waals surface area (Å²) in [5.41, 5.74) is 4.29. The van der Waals surface area contributed by atoms with Crippen molar-refractivity contribution < 1.29 is 23.4 Å². The van der Waals surface area contributed by atoms with E-state index < -0.39 is 5.91 Å². The molecule has 3 rings (SSSR count). The van der Waals surface area contributed by atoms with Gasteiger partial charge in [-0.05, 0) is 42.0 Å². The molecule has 0 unspecified atom stereocenters. The van der Waals surface area contributed by atoms with Crippen molar-refractivity contribution in [2.75, 3.05) is 14.2 Å². The topological polar surface area (TPSA) is 69.2 Å². The summed E-state index contributed by atoms with van der Waals surface area (Å²) >= 11 is 0. The lowest BCUT2D eigenvalue weighted by molar-refractivity contribution is 0.0950. The van der Waals surface area contributed by atoms with E-state index in [4.69, 9.17) is 14.2 Å². The lowest BCUT2D eigenvalue weighted by atomic mass is 10.2. The fourth-order valence-electron chi connectivity index (χ4n) is 2.67. The maximum absolute atomic E-state index is 13.0. The lowest BCUT2D eigenvalue weighted by Gasteiger charge is -2.10. The SMILES string of the molecule is COc1ccc(/C=N\NC(=O)c2ccccc2OCc2ccc(F)cc2)c(OC)c1. The van der Waals surface area contributed by atoms with Gasteiger partial charge in [-0.3, -0.25) is 4.79 Å². The number of ether oxygens (including phenoxy) is 3. The maximum Gasteiger partial charge on any atom is 0.275 e. The predicted molar refractivity (Wildman–Crippen MR) is 112 cm³/mol. The Morgan fingerprint density at radius 2 is 1.77 bits per heavy atom. The summed E-state index contributed by atoms with van der Waals surface area (Å²) in [5, 5.41) is 4.01. The Morgan fingerprint density at radius 3 is 2.50 bits per heavy atom. The number of hydrogen-bond donors (Lipinski definition) is 1. The van der Waals surface area contributed by atoms with Crippen LogP contribution in [0.4, 0.5) is 4.39 Å². The molecule has 30 heavy (non-hydrogen) atoms. The van der Waals surface area contributed by atoms with Crippen molar-refractivity contribution in [3.05, 3.63) is 89.2 Å². The van der Waals surface area contributed by atoms with Gasteiger partial charge in [0, 0.05) is 11.6 Å². The number of carbonyl (C=O) groups is 1. The number of hydrogen-bond acceptors (Lipinski definition) is 5. The van der Waals surface area contributed by atoms with Gasteiger partial charge in [-0.15, -0.1) is 0 Å². The molecule has 0 aliphatic carbocycles. The largest absolute Gasteiger partial charge is 0.497 e. The minimum Gasteiger partial charge on any atom is -0.497 e. The number of carbonyl (C=O) groups excluding carboxylic acids is 1. The number of methoxy groups -OCH3 is 2. The average Bonchev–Trinajstić information content (AvgIpc) is 2.79. The third-order valence-electron chi connectivity index (χ3n) is 4.25. The molecular weight excluding hydrogens is 387 g/mol. The zero-order valence-electron chi connectivity index (χ0n) is 16.6. The molecule has 6 nitrogen and oxygen atoms in total. The first-order chi connectivity index (χ1) is 14.6. The van der Waals surface area contributed by atoms with Crippen LogP contribution in [0.25, 0.3) is 0 Å². The highest BCUT2D eigenvalue weighted by atomic mass is 19.1. The summed E-state index contributed by atoms with van der Waals surface area (Å²) < 4.78 is 29.2. The van der Waals surface area contributed by atoms with Gasteiger partial charge in [0.25, 0.3) is 5.91 Å². The van der Waals surface area contributed by atoms with Crippen LogP contribution in [0.3, 0.4) is 0 Å². The highest BCUT2D eigenvalue weighted by Crippen LogP contribution is 2.23. The van der Waals surface area contributed by atoms with Crippen molar-refractivity contribution in [2.24, 2.45) is 5.10 Å². The minimum atomic E-state index is -0.423. The average molecular weight is 408 g/mol. The molecule has 0 aliphatic rings. The first kappa shape index (κ1) is 20.9. The number of benzene rings is 3. The molecule has 154 valence electrons. The van der Waals surface area contributed by atoms with Crippen LogP contribution in [-0.4, -0.2) is 26.3 Å². The summed E-state index contributed by atoms with van der Waals surface area (Å²) in [4.78, 5) is 12.6. The van der Waals surface area contributed by atoms with Crippen LogP contribution < -0.4 is 19.6 Å². The molecule has 0 heterocycles. The summed E-state index contributed by atoms with van der Waals surface area (Å²) in [7, 11) is 3.11. The Kier molecular flexibility index (Phi) is 7.00. The lowest BCUT2D eigenvalue weighted by Crippen LogP contribution is -2.18. The first-order valence-corrected chi connectivity index (χ1v) is 9.12. The van der Waals surface area contributed by atoms with Crippen molar-refractivity contribution in [1.82, 2.24) is 5.43 Å². The molecule has 1 N–H and O–H groups in total. The maximum atomic E-state index is 13.0. The van der Waals surface area contributed by atoms with Crippen LogP contribution in [0.5, 0.6) is 17.2 Å². The van der Waals surface area contributed by atoms with Crippen molar-refractivity contribution >= 4 is 12.1 Å². The second-order valence-electron chi connectivity index (χ2n) is 6.22. The number of amides is 1. The highest BCUT2D eigenvalue weighted by molar-refractivity contribution is 5.97. The number of para-hydroxylation sites is 1. The predicted octanol–water partition coefficient (Wildman–Crippen LogP) is 4.19. The van der Waals surface area contributed by atoms with Crippen LogP contribution in [0.1, 0.15) is 21.5 Å². The van der Waals surface area contributed by atoms with E-state index in [9.17, 15) is 9.18 Å². The smallest absolute Gasteiger partial charge is 0.275 e. The summed E-state index contributed by atoms with van der Waals surface area (Å²) in [6.07, 6.45) is 1.48. The Labute approximate surface area is 173 Å². The molecule has 0 saturated carbocycles. The highest BCUT2D eigenvalue weighted by Gasteiger charge is 2.12. The van der Waals surface area contributed by atoms with E-state index in [2.05, 4.69) is 10.5 Å². The van der Waals surface area contributed by atoms with E-state index in [-0.39, 0.29) is 12.4 Å². The van der Waals surface area contributed by atoms with E-state index in [0.29, 0.717) is 28.4 Å². The van der Waals surface area contributed by atoms with Gasteiger partial charge in [-0.2, -0.15) is 5.10 Å². The van der Waals surface area contributed by atoms with Gasteiger partial charge in [0.1, 0.15) is 29.7 Å². The van der Waals surface area contributed by atoms with E-state index >= 15 is 0 Å². The van der Waals surface area contributed by atoms with E-state index in [1.807, 2.05) is 0 Å². The van der Waals surface area contributed by atoms with Crippen LogP contribution >= 0.6 is 0 Å². The fourth-order valence-corrected chi connectivity index (χ4v) is 2.67. The van der Waals surface area contributed by atoms with Crippen molar-refractivity contribution in [1.29, 1.82) is 0 Å². The molecular formula is C23H21FN2O4. The standard InChI is InChI=1S/C23H21FN2O4/c1-28-19-12-9-17(22(13-19)29-2)14-25-26-23(27)20-5-3-4-6-21(20)30-15-16-7-10-18(24)11-8-16/h3-14H,15H2,1-2H3,(H,26,27)/b25-14-. The Bertz CT molecular complexity index is 1040. The summed E-state index contributed by atoms with van der Waals surface area (Å²) in [6, 6.07) is 18.1.